The van der Waals surface area contributed by atoms with Gasteiger partial charge in [0.2, 0.25) is 5.82 Å². The number of ether oxygens (including phenoxy) is 3. The molecule has 0 heterocycles. The molecule has 1 unspecified atom stereocenters. The Kier molecular flexibility index (Phi) is 14.1. The number of halogens is 5. The molecular formula is C25H39F5O3. The average Bonchev–Trinajstić information content (AvgIpc) is 2.80. The first-order chi connectivity index (χ1) is 15.8. The summed E-state index contributed by atoms with van der Waals surface area (Å²) < 4.78 is 86.3. The smallest absolute Gasteiger partial charge is 0.285 e. The van der Waals surface area contributed by atoms with E-state index in [2.05, 4.69) is 6.92 Å². The Morgan fingerprint density at radius 3 is 1.48 bits per heavy atom. The van der Waals surface area contributed by atoms with Crippen molar-refractivity contribution < 1.29 is 36.2 Å². The first kappa shape index (κ1) is 29.8. The molecule has 0 aliphatic carbocycles. The number of benzene rings is 1. The Labute approximate surface area is 195 Å². The van der Waals surface area contributed by atoms with E-state index in [1.165, 1.54) is 6.42 Å². The van der Waals surface area contributed by atoms with E-state index in [1.54, 1.807) is 0 Å². The van der Waals surface area contributed by atoms with Gasteiger partial charge in [0.15, 0.2) is 23.3 Å². The molecule has 0 spiro atoms. The van der Waals surface area contributed by atoms with Crippen molar-refractivity contribution in [2.75, 3.05) is 19.8 Å². The van der Waals surface area contributed by atoms with E-state index >= 15 is 0 Å². The van der Waals surface area contributed by atoms with Crippen molar-refractivity contribution in [3.63, 3.8) is 0 Å². The van der Waals surface area contributed by atoms with Crippen molar-refractivity contribution in [2.24, 2.45) is 5.92 Å². The van der Waals surface area contributed by atoms with E-state index in [1.807, 2.05) is 20.8 Å². The molecule has 0 saturated heterocycles. The molecule has 0 N–H and O–H groups in total. The van der Waals surface area contributed by atoms with Gasteiger partial charge in [0.1, 0.15) is 0 Å². The fourth-order valence-electron chi connectivity index (χ4n) is 4.15. The zero-order chi connectivity index (χ0) is 24.9. The minimum absolute atomic E-state index is 0.188. The second-order valence-electron chi connectivity index (χ2n) is 8.10. The largest absolute Gasteiger partial charge is 0.328 e. The van der Waals surface area contributed by atoms with Crippen LogP contribution in [-0.4, -0.2) is 25.8 Å². The summed E-state index contributed by atoms with van der Waals surface area (Å²) in [5.41, 5.74) is -0.792. The molecule has 0 bridgehead atoms. The van der Waals surface area contributed by atoms with Gasteiger partial charge in [0.25, 0.3) is 5.97 Å². The third-order valence-electron chi connectivity index (χ3n) is 5.72. The van der Waals surface area contributed by atoms with Crippen molar-refractivity contribution in [1.82, 2.24) is 0 Å². The second kappa shape index (κ2) is 15.6. The second-order valence-corrected chi connectivity index (χ2v) is 8.10. The van der Waals surface area contributed by atoms with Crippen LogP contribution in [0.5, 0.6) is 0 Å². The first-order valence-corrected chi connectivity index (χ1v) is 12.2. The predicted molar refractivity (Wildman–Crippen MR) is 118 cm³/mol. The van der Waals surface area contributed by atoms with Crippen LogP contribution in [0.15, 0.2) is 0 Å². The van der Waals surface area contributed by atoms with Crippen molar-refractivity contribution in [3.05, 3.63) is 34.6 Å². The third kappa shape index (κ3) is 8.48. The lowest BCUT2D eigenvalue weighted by Gasteiger charge is -2.39. The van der Waals surface area contributed by atoms with Crippen LogP contribution in [0.25, 0.3) is 0 Å². The van der Waals surface area contributed by atoms with Gasteiger partial charge in [0.05, 0.1) is 0 Å². The third-order valence-corrected chi connectivity index (χ3v) is 5.72. The number of unbranched alkanes of at least 4 members (excludes halogenated alkanes) is 5. The molecule has 8 heteroatoms. The monoisotopic (exact) mass is 482 g/mol. The van der Waals surface area contributed by atoms with E-state index in [4.69, 9.17) is 14.2 Å². The standard InChI is InChI=1S/C25H39F5O3/c1-5-9-10-11-12-13-15-18(25(31-6-2,32-7-3)33-8-4)16-14-17-19-20(26)22(28)24(30)23(29)21(19)27/h18H,5-17H2,1-4H3. The molecule has 33 heavy (non-hydrogen) atoms. The molecule has 1 rings (SSSR count). The van der Waals surface area contributed by atoms with Crippen LogP contribution in [0.4, 0.5) is 22.0 Å². The quantitative estimate of drug-likeness (QED) is 0.0701. The van der Waals surface area contributed by atoms with E-state index in [0.29, 0.717) is 32.7 Å². The van der Waals surface area contributed by atoms with E-state index in [9.17, 15) is 22.0 Å². The molecule has 1 aromatic rings. The topological polar surface area (TPSA) is 27.7 Å². The SMILES string of the molecule is CCCCCCCCC(CCCc1c(F)c(F)c(F)c(F)c1F)C(OCC)(OCC)OCC. The molecule has 0 saturated carbocycles. The van der Waals surface area contributed by atoms with Crippen molar-refractivity contribution in [2.45, 2.75) is 97.9 Å². The summed E-state index contributed by atoms with van der Waals surface area (Å²) in [6.07, 6.45) is 7.50. The maximum absolute atomic E-state index is 14.1. The summed E-state index contributed by atoms with van der Waals surface area (Å²) in [4.78, 5) is 0. The predicted octanol–water partition coefficient (Wildman–Crippen LogP) is 7.83. The zero-order valence-corrected chi connectivity index (χ0v) is 20.4. The molecule has 0 aromatic heterocycles. The van der Waals surface area contributed by atoms with Crippen LogP contribution in [0.3, 0.4) is 0 Å². The Hall–Kier alpha value is -1.25. The van der Waals surface area contributed by atoms with Gasteiger partial charge in [0, 0.05) is 31.3 Å². The van der Waals surface area contributed by atoms with Crippen molar-refractivity contribution in [3.8, 4) is 0 Å². The lowest BCUT2D eigenvalue weighted by atomic mass is 9.91. The minimum atomic E-state index is -2.14. The Morgan fingerprint density at radius 2 is 1.00 bits per heavy atom. The van der Waals surface area contributed by atoms with E-state index in [0.717, 1.165) is 32.1 Å². The summed E-state index contributed by atoms with van der Waals surface area (Å²) >= 11 is 0. The number of hydrogen-bond donors (Lipinski definition) is 0. The van der Waals surface area contributed by atoms with Crippen LogP contribution < -0.4 is 0 Å². The van der Waals surface area contributed by atoms with Gasteiger partial charge >= 0.3 is 0 Å². The summed E-state index contributed by atoms with van der Waals surface area (Å²) in [7, 11) is 0. The highest BCUT2D eigenvalue weighted by Crippen LogP contribution is 2.35. The average molecular weight is 483 g/mol. The molecule has 192 valence electrons. The van der Waals surface area contributed by atoms with Crippen LogP contribution in [0.1, 0.15) is 91.0 Å². The van der Waals surface area contributed by atoms with Gasteiger partial charge in [-0.2, -0.15) is 0 Å². The Morgan fingerprint density at radius 1 is 0.576 bits per heavy atom. The lowest BCUT2D eigenvalue weighted by Crippen LogP contribution is -2.46. The highest BCUT2D eigenvalue weighted by molar-refractivity contribution is 5.24. The maximum atomic E-state index is 14.1. The lowest BCUT2D eigenvalue weighted by molar-refractivity contribution is -0.403. The molecule has 1 atom stereocenters. The summed E-state index contributed by atoms with van der Waals surface area (Å²) in [6.45, 7) is 8.64. The van der Waals surface area contributed by atoms with Gasteiger partial charge < -0.3 is 14.2 Å². The highest BCUT2D eigenvalue weighted by atomic mass is 19.2. The van der Waals surface area contributed by atoms with Gasteiger partial charge in [-0.25, -0.2) is 22.0 Å². The maximum Gasteiger partial charge on any atom is 0.285 e. The fourth-order valence-corrected chi connectivity index (χ4v) is 4.15. The van der Waals surface area contributed by atoms with E-state index < -0.39 is 40.6 Å². The van der Waals surface area contributed by atoms with Crippen LogP contribution >= 0.6 is 0 Å². The normalized spacial score (nSPS) is 13.0. The molecule has 1 aromatic carbocycles. The molecule has 0 amide bonds. The minimum Gasteiger partial charge on any atom is -0.328 e. The summed E-state index contributed by atoms with van der Waals surface area (Å²) in [6, 6.07) is 0. The van der Waals surface area contributed by atoms with Crippen LogP contribution in [0.2, 0.25) is 0 Å². The highest BCUT2D eigenvalue weighted by Gasteiger charge is 2.41. The Bertz CT molecular complexity index is 653. The van der Waals surface area contributed by atoms with Crippen molar-refractivity contribution >= 4 is 0 Å². The van der Waals surface area contributed by atoms with Crippen molar-refractivity contribution in [1.29, 1.82) is 0 Å². The summed E-state index contributed by atoms with van der Waals surface area (Å²) in [5, 5.41) is 0. The fraction of sp³-hybridized carbons (Fsp3) is 0.760. The Balaban J connectivity index is 2.99. The molecule has 0 fully saturated rings. The molecule has 3 nitrogen and oxygen atoms in total. The van der Waals surface area contributed by atoms with Crippen LogP contribution in [-0.2, 0) is 20.6 Å². The van der Waals surface area contributed by atoms with E-state index in [-0.39, 0.29) is 18.8 Å². The van der Waals surface area contributed by atoms with Gasteiger partial charge in [-0.3, -0.25) is 0 Å². The van der Waals surface area contributed by atoms with Crippen LogP contribution in [0, 0.1) is 35.0 Å². The van der Waals surface area contributed by atoms with Gasteiger partial charge in [-0.15, -0.1) is 0 Å². The number of rotatable bonds is 18. The summed E-state index contributed by atoms with van der Waals surface area (Å²) in [5.74, 6) is -11.1. The van der Waals surface area contributed by atoms with Gasteiger partial charge in [-0.05, 0) is 46.5 Å². The molecular weight excluding hydrogens is 443 g/mol. The molecule has 0 aliphatic rings. The molecule has 0 aliphatic heterocycles. The first-order valence-electron chi connectivity index (χ1n) is 12.2. The van der Waals surface area contributed by atoms with Gasteiger partial charge in [-0.1, -0.05) is 45.4 Å². The molecule has 0 radical (unpaired) electrons. The zero-order valence-electron chi connectivity index (χ0n) is 20.4. The number of hydrogen-bond acceptors (Lipinski definition) is 3.